The van der Waals surface area contributed by atoms with Gasteiger partial charge in [-0.25, -0.2) is 9.78 Å². The Morgan fingerprint density at radius 3 is 2.70 bits per heavy atom. The third kappa shape index (κ3) is 3.34. The molecule has 2 N–H and O–H groups in total. The topological polar surface area (TPSA) is 68.7 Å². The Labute approximate surface area is 130 Å². The van der Waals surface area contributed by atoms with Gasteiger partial charge in [-0.15, -0.1) is 0 Å². The van der Waals surface area contributed by atoms with E-state index in [4.69, 9.17) is 5.11 Å². The molecule has 3 rings (SSSR count). The maximum absolute atomic E-state index is 12.5. The Morgan fingerprint density at radius 2 is 2.09 bits per heavy atom. The monoisotopic (exact) mass is 330 g/mol. The summed E-state index contributed by atoms with van der Waals surface area (Å²) in [7, 11) is 0. The summed E-state index contributed by atoms with van der Waals surface area (Å²) in [5.41, 5.74) is -0.789. The average molecular weight is 330 g/mol. The van der Waals surface area contributed by atoms with Crippen molar-refractivity contribution in [1.82, 2.24) is 14.8 Å². The third-order valence-corrected chi connectivity index (χ3v) is 4.38. The lowest BCUT2D eigenvalue weighted by Crippen LogP contribution is -2.53. The van der Waals surface area contributed by atoms with Gasteiger partial charge in [0, 0.05) is 18.8 Å². The highest BCUT2D eigenvalue weighted by Crippen LogP contribution is 2.32. The van der Waals surface area contributed by atoms with E-state index >= 15 is 0 Å². The molecule has 9 heteroatoms. The molecule has 1 aromatic heterocycles. The summed E-state index contributed by atoms with van der Waals surface area (Å²) in [6, 6.07) is 2.59. The maximum Gasteiger partial charge on any atom is 0.417 e. The molecule has 0 spiro atoms. The van der Waals surface area contributed by atoms with Gasteiger partial charge in [0.25, 0.3) is 0 Å². The van der Waals surface area contributed by atoms with Crippen molar-refractivity contribution >= 4 is 11.9 Å². The van der Waals surface area contributed by atoms with Crippen LogP contribution in [0.5, 0.6) is 0 Å². The highest BCUT2D eigenvalue weighted by molar-refractivity contribution is 5.65. The average Bonchev–Trinajstić information content (AvgIpc) is 2.89. The molecule has 2 aliphatic heterocycles. The van der Waals surface area contributed by atoms with Crippen LogP contribution >= 0.6 is 0 Å². The molecule has 2 atom stereocenters. The molecule has 0 aliphatic carbocycles. The first-order valence-corrected chi connectivity index (χ1v) is 7.38. The molecule has 0 aromatic carbocycles. The number of nitrogens with zero attached hydrogens (tertiary/aromatic N) is 3. The lowest BCUT2D eigenvalue weighted by Gasteiger charge is -2.39. The summed E-state index contributed by atoms with van der Waals surface area (Å²) in [4.78, 5) is 18.3. The minimum absolute atomic E-state index is 0.119. The van der Waals surface area contributed by atoms with Crippen LogP contribution in [0.25, 0.3) is 0 Å². The molecule has 2 fully saturated rings. The van der Waals surface area contributed by atoms with Crippen LogP contribution in [-0.4, -0.2) is 51.4 Å². The van der Waals surface area contributed by atoms with Gasteiger partial charge in [0.15, 0.2) is 0 Å². The second kappa shape index (κ2) is 5.88. The lowest BCUT2D eigenvalue weighted by atomic mass is 10.1. The van der Waals surface area contributed by atoms with Crippen molar-refractivity contribution in [3.05, 3.63) is 23.9 Å². The van der Waals surface area contributed by atoms with Crippen LogP contribution in [0.15, 0.2) is 18.3 Å². The molecule has 6 nitrogen and oxygen atoms in total. The summed E-state index contributed by atoms with van der Waals surface area (Å²) in [5, 5.41) is 12.2. The van der Waals surface area contributed by atoms with Gasteiger partial charge in [-0.1, -0.05) is 0 Å². The first-order chi connectivity index (χ1) is 10.8. The molecule has 1 amide bonds. The fourth-order valence-electron chi connectivity index (χ4n) is 3.16. The number of hydrogen-bond donors (Lipinski definition) is 2. The van der Waals surface area contributed by atoms with Gasteiger partial charge in [-0.2, -0.15) is 13.2 Å². The molecule has 2 saturated heterocycles. The Kier molecular flexibility index (Phi) is 4.05. The van der Waals surface area contributed by atoms with Gasteiger partial charge in [0.2, 0.25) is 0 Å². The Hall–Kier alpha value is -2.03. The summed E-state index contributed by atoms with van der Waals surface area (Å²) >= 11 is 0. The number of carbonyl (C=O) groups is 1. The minimum atomic E-state index is -4.40. The number of alkyl halides is 3. The van der Waals surface area contributed by atoms with Crippen molar-refractivity contribution in [3.8, 4) is 0 Å². The molecule has 0 bridgehead atoms. The smallest absolute Gasteiger partial charge is 0.417 e. The molecular formula is C14H17F3N4O2. The summed E-state index contributed by atoms with van der Waals surface area (Å²) in [5.74, 6) is 0.357. The fourth-order valence-corrected chi connectivity index (χ4v) is 3.16. The van der Waals surface area contributed by atoms with Crippen LogP contribution in [-0.2, 0) is 6.18 Å². The number of pyridine rings is 1. The molecule has 3 heterocycles. The minimum Gasteiger partial charge on any atom is -0.465 e. The molecular weight excluding hydrogens is 313 g/mol. The SMILES string of the molecule is O=C(O)N1CC[C@@H]2CC[C@@H](Nc3ccc(C(F)(F)F)cn3)N2C1. The molecule has 126 valence electrons. The van der Waals surface area contributed by atoms with E-state index in [2.05, 4.69) is 10.3 Å². The molecule has 1 aromatic rings. The number of fused-ring (bicyclic) bond motifs is 1. The number of aromatic nitrogens is 1. The number of nitrogens with one attached hydrogen (secondary N) is 1. The Morgan fingerprint density at radius 1 is 1.30 bits per heavy atom. The first-order valence-electron chi connectivity index (χ1n) is 7.38. The highest BCUT2D eigenvalue weighted by atomic mass is 19.4. The van der Waals surface area contributed by atoms with Crippen molar-refractivity contribution < 1.29 is 23.1 Å². The lowest BCUT2D eigenvalue weighted by molar-refractivity contribution is -0.137. The van der Waals surface area contributed by atoms with Crippen molar-refractivity contribution in [3.63, 3.8) is 0 Å². The molecule has 2 aliphatic rings. The molecule has 0 saturated carbocycles. The second-order valence-corrected chi connectivity index (χ2v) is 5.81. The van der Waals surface area contributed by atoms with Crippen molar-refractivity contribution in [2.75, 3.05) is 18.5 Å². The van der Waals surface area contributed by atoms with E-state index in [-0.39, 0.29) is 6.17 Å². The van der Waals surface area contributed by atoms with Crippen molar-refractivity contribution in [2.45, 2.75) is 37.6 Å². The summed E-state index contributed by atoms with van der Waals surface area (Å²) in [6.45, 7) is 0.819. The Balaban J connectivity index is 1.67. The van der Waals surface area contributed by atoms with Gasteiger partial charge < -0.3 is 10.4 Å². The first kappa shape index (κ1) is 15.9. The van der Waals surface area contributed by atoms with Crippen LogP contribution in [0.2, 0.25) is 0 Å². The van der Waals surface area contributed by atoms with E-state index in [0.717, 1.165) is 31.5 Å². The van der Waals surface area contributed by atoms with Gasteiger partial charge >= 0.3 is 12.3 Å². The number of carboxylic acid groups (broad SMARTS) is 1. The van der Waals surface area contributed by atoms with Gasteiger partial charge in [0.1, 0.15) is 5.82 Å². The van der Waals surface area contributed by atoms with Crippen LogP contribution < -0.4 is 5.32 Å². The zero-order chi connectivity index (χ0) is 16.6. The maximum atomic E-state index is 12.5. The van der Waals surface area contributed by atoms with Gasteiger partial charge in [0.05, 0.1) is 18.4 Å². The number of rotatable bonds is 2. The van der Waals surface area contributed by atoms with E-state index < -0.39 is 17.8 Å². The fraction of sp³-hybridized carbons (Fsp3) is 0.571. The van der Waals surface area contributed by atoms with Crippen LogP contribution in [0.3, 0.4) is 0 Å². The standard InChI is InChI=1S/C14H17F3N4O2/c15-14(16,17)9-1-3-11(18-7-9)19-12-4-2-10-5-6-20(13(22)23)8-21(10)12/h1,3,7,10,12H,2,4-6,8H2,(H,18,19)(H,22,23)/t10-,12-/m0/s1. The number of amides is 1. The molecule has 0 unspecified atom stereocenters. The van der Waals surface area contributed by atoms with E-state index in [1.54, 1.807) is 0 Å². The normalized spacial score (nSPS) is 25.3. The zero-order valence-corrected chi connectivity index (χ0v) is 12.3. The van der Waals surface area contributed by atoms with E-state index in [0.29, 0.717) is 25.1 Å². The van der Waals surface area contributed by atoms with Crippen LogP contribution in [0.1, 0.15) is 24.8 Å². The largest absolute Gasteiger partial charge is 0.465 e. The summed E-state index contributed by atoms with van der Waals surface area (Å²) in [6.07, 6.45) is -2.17. The van der Waals surface area contributed by atoms with E-state index in [1.807, 2.05) is 4.90 Å². The third-order valence-electron chi connectivity index (χ3n) is 4.38. The number of halogens is 3. The Bertz CT molecular complexity index is 578. The molecule has 0 radical (unpaired) electrons. The predicted octanol–water partition coefficient (Wildman–Crippen LogP) is 2.64. The van der Waals surface area contributed by atoms with E-state index in [1.165, 1.54) is 11.0 Å². The second-order valence-electron chi connectivity index (χ2n) is 5.81. The zero-order valence-electron chi connectivity index (χ0n) is 12.3. The van der Waals surface area contributed by atoms with Crippen LogP contribution in [0, 0.1) is 0 Å². The van der Waals surface area contributed by atoms with Gasteiger partial charge in [-0.05, 0) is 31.4 Å². The molecule has 23 heavy (non-hydrogen) atoms. The highest BCUT2D eigenvalue weighted by Gasteiger charge is 2.38. The van der Waals surface area contributed by atoms with Crippen molar-refractivity contribution in [2.24, 2.45) is 0 Å². The van der Waals surface area contributed by atoms with Crippen molar-refractivity contribution in [1.29, 1.82) is 0 Å². The van der Waals surface area contributed by atoms with Gasteiger partial charge in [-0.3, -0.25) is 9.80 Å². The summed E-state index contributed by atoms with van der Waals surface area (Å²) < 4.78 is 37.6. The number of anilines is 1. The number of hydrogen-bond acceptors (Lipinski definition) is 4. The van der Waals surface area contributed by atoms with E-state index in [9.17, 15) is 18.0 Å². The quantitative estimate of drug-likeness (QED) is 0.872. The predicted molar refractivity (Wildman–Crippen MR) is 75.7 cm³/mol. The van der Waals surface area contributed by atoms with Crippen LogP contribution in [0.4, 0.5) is 23.8 Å².